The Bertz CT molecular complexity index is 1450. The summed E-state index contributed by atoms with van der Waals surface area (Å²) in [5, 5.41) is 9.73. The molecule has 3 heterocycles. The lowest BCUT2D eigenvalue weighted by molar-refractivity contribution is -0.142. The summed E-state index contributed by atoms with van der Waals surface area (Å²) in [5.41, 5.74) is -3.06. The predicted molar refractivity (Wildman–Crippen MR) is 123 cm³/mol. The molecule has 0 fully saturated rings. The highest BCUT2D eigenvalue weighted by Crippen LogP contribution is 2.43. The summed E-state index contributed by atoms with van der Waals surface area (Å²) in [7, 11) is 1.52. The number of alkyl halides is 3. The summed E-state index contributed by atoms with van der Waals surface area (Å²) in [6, 6.07) is 8.62. The fraction of sp³-hybridized carbons (Fsp3) is 0.292. The van der Waals surface area contributed by atoms with Crippen molar-refractivity contribution in [2.45, 2.75) is 38.3 Å². The van der Waals surface area contributed by atoms with E-state index in [1.165, 1.54) is 33.2 Å². The van der Waals surface area contributed by atoms with Crippen LogP contribution in [-0.2, 0) is 29.2 Å². The molecule has 4 rings (SSSR count). The van der Waals surface area contributed by atoms with Crippen LogP contribution in [0.1, 0.15) is 36.2 Å². The van der Waals surface area contributed by atoms with Crippen LogP contribution in [0.2, 0.25) is 0 Å². The smallest absolute Gasteiger partial charge is 0.433 e. The van der Waals surface area contributed by atoms with Gasteiger partial charge in [-0.3, -0.25) is 14.0 Å². The molecule has 35 heavy (non-hydrogen) atoms. The van der Waals surface area contributed by atoms with Crippen LogP contribution < -0.4 is 10.3 Å². The number of nitrogens with zero attached hydrogens (tertiary/aromatic N) is 2. The first-order valence-electron chi connectivity index (χ1n) is 10.5. The molecule has 184 valence electrons. The van der Waals surface area contributed by atoms with Crippen molar-refractivity contribution in [2.75, 3.05) is 7.11 Å². The third-order valence-corrected chi connectivity index (χ3v) is 7.04. The second kappa shape index (κ2) is 8.88. The van der Waals surface area contributed by atoms with Gasteiger partial charge in [-0.2, -0.15) is 13.2 Å². The molecular formula is C24H21F3N2O5S. The number of hydrogen-bond acceptors (Lipinski definition) is 6. The maximum Gasteiger partial charge on any atom is 0.433 e. The highest BCUT2D eigenvalue weighted by Gasteiger charge is 2.42. The van der Waals surface area contributed by atoms with Gasteiger partial charge < -0.3 is 14.3 Å². The Morgan fingerprint density at radius 3 is 2.49 bits per heavy atom. The van der Waals surface area contributed by atoms with Crippen LogP contribution in [-0.4, -0.2) is 27.6 Å². The van der Waals surface area contributed by atoms with E-state index in [9.17, 15) is 27.9 Å². The van der Waals surface area contributed by atoms with Crippen LogP contribution in [0, 0.1) is 0 Å². The minimum Gasteiger partial charge on any atom is -0.496 e. The fourth-order valence-corrected chi connectivity index (χ4v) is 5.11. The van der Waals surface area contributed by atoms with Crippen LogP contribution in [0.15, 0.2) is 52.0 Å². The Kier molecular flexibility index (Phi) is 6.22. The molecule has 0 unspecified atom stereocenters. The number of oxazole rings is 1. The van der Waals surface area contributed by atoms with Crippen LogP contribution in [0.25, 0.3) is 15.6 Å². The molecule has 7 nitrogen and oxygen atoms in total. The minimum absolute atomic E-state index is 0.0513. The number of methoxy groups -OCH3 is 1. The number of benzene rings is 1. The van der Waals surface area contributed by atoms with Crippen molar-refractivity contribution < 1.29 is 32.2 Å². The summed E-state index contributed by atoms with van der Waals surface area (Å²) in [5.74, 6) is -0.993. The summed E-state index contributed by atoms with van der Waals surface area (Å²) < 4.78 is 53.9. The number of rotatable bonds is 7. The third kappa shape index (κ3) is 4.31. The monoisotopic (exact) mass is 506 g/mol. The molecule has 3 aromatic heterocycles. The first-order valence-corrected chi connectivity index (χ1v) is 11.3. The Morgan fingerprint density at radius 2 is 1.89 bits per heavy atom. The molecule has 0 aliphatic heterocycles. The second-order valence-corrected chi connectivity index (χ2v) is 9.38. The van der Waals surface area contributed by atoms with Crippen LogP contribution >= 0.6 is 11.3 Å². The number of para-hydroxylation sites is 1. The van der Waals surface area contributed by atoms with Gasteiger partial charge in [-0.1, -0.05) is 18.2 Å². The molecule has 4 aromatic rings. The Hall–Kier alpha value is -3.60. The van der Waals surface area contributed by atoms with E-state index in [-0.39, 0.29) is 27.6 Å². The summed E-state index contributed by atoms with van der Waals surface area (Å²) >= 11 is 0.730. The van der Waals surface area contributed by atoms with Crippen molar-refractivity contribution in [3.05, 3.63) is 75.5 Å². The standard InChI is InChI=1S/C24H21F3N2O5S/c1-23(2,22(31)32)15-12-14(9-8-13-6-4-5-7-16(13)33-3)21-29(20(15)30)18(24(25,26)27)17(35-21)19-28-10-11-34-19/h4-7,10-12H,8-9H2,1-3H3,(H,31,32). The molecule has 0 amide bonds. The lowest BCUT2D eigenvalue weighted by atomic mass is 9.84. The quantitative estimate of drug-likeness (QED) is 0.371. The summed E-state index contributed by atoms with van der Waals surface area (Å²) in [6.07, 6.45) is -1.96. The number of fused-ring (bicyclic) bond motifs is 1. The topological polar surface area (TPSA) is 94.0 Å². The number of carboxylic acids is 1. The number of halogens is 3. The third-order valence-electron chi connectivity index (χ3n) is 5.83. The molecule has 11 heteroatoms. The van der Waals surface area contributed by atoms with E-state index < -0.39 is 28.8 Å². The number of aliphatic carboxylic acids is 1. The highest BCUT2D eigenvalue weighted by molar-refractivity contribution is 7.21. The summed E-state index contributed by atoms with van der Waals surface area (Å²) in [6.45, 7) is 2.58. The predicted octanol–water partition coefficient (Wildman–Crippen LogP) is 5.19. The van der Waals surface area contributed by atoms with Crippen molar-refractivity contribution >= 4 is 22.1 Å². The molecule has 0 aliphatic carbocycles. The number of carboxylic acid groups (broad SMARTS) is 1. The maximum atomic E-state index is 14.3. The zero-order valence-electron chi connectivity index (χ0n) is 19.0. The van der Waals surface area contributed by atoms with E-state index in [0.29, 0.717) is 22.1 Å². The number of thiazole rings is 1. The van der Waals surface area contributed by atoms with Gasteiger partial charge in [0.2, 0.25) is 5.89 Å². The molecule has 0 radical (unpaired) electrons. The average Bonchev–Trinajstić information content (AvgIpc) is 3.46. The first-order chi connectivity index (χ1) is 16.5. The Labute approximate surface area is 201 Å². The van der Waals surface area contributed by atoms with Crippen molar-refractivity contribution in [3.63, 3.8) is 0 Å². The number of ether oxygens (including phenoxy) is 1. The SMILES string of the molecule is COc1ccccc1CCc1cc(C(C)(C)C(=O)O)c(=O)n2c(C(F)(F)F)c(-c3ncco3)sc12. The van der Waals surface area contributed by atoms with Gasteiger partial charge in [0, 0.05) is 5.56 Å². The number of hydrogen-bond donors (Lipinski definition) is 1. The van der Waals surface area contributed by atoms with E-state index in [4.69, 9.17) is 9.15 Å². The molecule has 0 atom stereocenters. The van der Waals surface area contributed by atoms with E-state index >= 15 is 0 Å². The zero-order chi connectivity index (χ0) is 25.5. The van der Waals surface area contributed by atoms with Gasteiger partial charge in [-0.15, -0.1) is 11.3 Å². The fourth-order valence-electron chi connectivity index (χ4n) is 3.87. The van der Waals surface area contributed by atoms with Crippen molar-refractivity contribution in [1.29, 1.82) is 0 Å². The second-order valence-electron chi connectivity index (χ2n) is 8.39. The number of carbonyl (C=O) groups is 1. The van der Waals surface area contributed by atoms with E-state index in [2.05, 4.69) is 4.98 Å². The van der Waals surface area contributed by atoms with E-state index in [1.807, 2.05) is 12.1 Å². The number of pyridine rings is 1. The van der Waals surface area contributed by atoms with E-state index in [1.54, 1.807) is 12.1 Å². The molecule has 1 aromatic carbocycles. The van der Waals surface area contributed by atoms with Crippen LogP contribution in [0.5, 0.6) is 5.75 Å². The Morgan fingerprint density at radius 1 is 1.20 bits per heavy atom. The van der Waals surface area contributed by atoms with Crippen molar-refractivity contribution in [3.8, 4) is 16.5 Å². The van der Waals surface area contributed by atoms with Gasteiger partial charge >= 0.3 is 12.1 Å². The number of aryl methyl sites for hydroxylation is 2. The van der Waals surface area contributed by atoms with Gasteiger partial charge in [0.15, 0.2) is 5.69 Å². The molecule has 0 spiro atoms. The zero-order valence-corrected chi connectivity index (χ0v) is 19.8. The average molecular weight is 507 g/mol. The van der Waals surface area contributed by atoms with Crippen molar-refractivity contribution in [2.24, 2.45) is 0 Å². The molecule has 1 N–H and O–H groups in total. The van der Waals surface area contributed by atoms with Crippen LogP contribution in [0.3, 0.4) is 0 Å². The number of aromatic nitrogens is 2. The molecule has 0 saturated heterocycles. The van der Waals surface area contributed by atoms with Crippen LogP contribution in [0.4, 0.5) is 13.2 Å². The van der Waals surface area contributed by atoms with Gasteiger partial charge in [-0.25, -0.2) is 4.98 Å². The highest BCUT2D eigenvalue weighted by atomic mass is 32.1. The lowest BCUT2D eigenvalue weighted by Gasteiger charge is -2.21. The molecule has 0 saturated carbocycles. The maximum absolute atomic E-state index is 14.3. The Balaban J connectivity index is 2.02. The normalized spacial score (nSPS) is 12.3. The largest absolute Gasteiger partial charge is 0.496 e. The van der Waals surface area contributed by atoms with Gasteiger partial charge in [0.25, 0.3) is 5.56 Å². The first kappa shape index (κ1) is 24.5. The van der Waals surface area contributed by atoms with Gasteiger partial charge in [0.1, 0.15) is 21.7 Å². The van der Waals surface area contributed by atoms with Gasteiger partial charge in [-0.05, 0) is 49.9 Å². The van der Waals surface area contributed by atoms with Crippen molar-refractivity contribution in [1.82, 2.24) is 9.38 Å². The molecule has 0 aliphatic rings. The van der Waals surface area contributed by atoms with Gasteiger partial charge in [0.05, 0.1) is 18.7 Å². The van der Waals surface area contributed by atoms with E-state index in [0.717, 1.165) is 23.2 Å². The minimum atomic E-state index is -4.93. The molecular weight excluding hydrogens is 485 g/mol. The summed E-state index contributed by atoms with van der Waals surface area (Å²) in [4.78, 5) is 28.9. The molecule has 0 bridgehead atoms. The lowest BCUT2D eigenvalue weighted by Crippen LogP contribution is -2.37.